The second kappa shape index (κ2) is 4.83. The van der Waals surface area contributed by atoms with Crippen LogP contribution in [0.2, 0.25) is 0 Å². The summed E-state index contributed by atoms with van der Waals surface area (Å²) in [6.07, 6.45) is 5.58. The van der Waals surface area contributed by atoms with Crippen molar-refractivity contribution in [2.24, 2.45) is 0 Å². The van der Waals surface area contributed by atoms with E-state index in [4.69, 9.17) is 0 Å². The second-order valence-electron chi connectivity index (χ2n) is 6.09. The van der Waals surface area contributed by atoms with Crippen LogP contribution in [0, 0.1) is 6.92 Å². The monoisotopic (exact) mass is 298 g/mol. The van der Waals surface area contributed by atoms with Crippen LogP contribution in [0.3, 0.4) is 0 Å². The van der Waals surface area contributed by atoms with E-state index in [-0.39, 0.29) is 24.4 Å². The summed E-state index contributed by atoms with van der Waals surface area (Å²) in [5, 5.41) is 0. The fraction of sp³-hybridized carbons (Fsp3) is 0.438. The smallest absolute Gasteiger partial charge is 0.246 e. The van der Waals surface area contributed by atoms with Gasteiger partial charge in [0.25, 0.3) is 0 Å². The highest BCUT2D eigenvalue weighted by atomic mass is 16.2. The summed E-state index contributed by atoms with van der Waals surface area (Å²) in [6, 6.07) is 3.73. The van der Waals surface area contributed by atoms with Gasteiger partial charge in [-0.05, 0) is 31.4 Å². The molecular weight excluding hydrogens is 280 g/mol. The van der Waals surface area contributed by atoms with E-state index in [2.05, 4.69) is 4.98 Å². The minimum absolute atomic E-state index is 0.0574. The van der Waals surface area contributed by atoms with Gasteiger partial charge in [0.2, 0.25) is 11.8 Å². The zero-order valence-corrected chi connectivity index (χ0v) is 12.5. The predicted octanol–water partition coefficient (Wildman–Crippen LogP) is 0.976. The van der Waals surface area contributed by atoms with Gasteiger partial charge in [0.15, 0.2) is 0 Å². The van der Waals surface area contributed by atoms with Crippen LogP contribution in [0.5, 0.6) is 0 Å². The Morgan fingerprint density at radius 1 is 1.36 bits per heavy atom. The number of aromatic nitrogens is 2. The van der Waals surface area contributed by atoms with E-state index in [0.717, 1.165) is 36.3 Å². The van der Waals surface area contributed by atoms with Crippen molar-refractivity contribution in [3.05, 3.63) is 35.8 Å². The van der Waals surface area contributed by atoms with Crippen LogP contribution in [-0.2, 0) is 16.1 Å². The van der Waals surface area contributed by atoms with Gasteiger partial charge in [-0.2, -0.15) is 0 Å². The first kappa shape index (κ1) is 13.3. The number of rotatable bonds is 2. The highest BCUT2D eigenvalue weighted by Gasteiger charge is 2.41. The van der Waals surface area contributed by atoms with Crippen molar-refractivity contribution in [2.75, 3.05) is 13.1 Å². The highest BCUT2D eigenvalue weighted by molar-refractivity contribution is 5.95. The van der Waals surface area contributed by atoms with Crippen LogP contribution in [0.4, 0.5) is 0 Å². The maximum atomic E-state index is 12.5. The number of carbonyl (C=O) groups excluding carboxylic acids is 2. The maximum absolute atomic E-state index is 12.5. The molecule has 0 aliphatic carbocycles. The maximum Gasteiger partial charge on any atom is 0.246 e. The van der Waals surface area contributed by atoms with Crippen molar-refractivity contribution < 1.29 is 9.59 Å². The molecular formula is C16H18N4O2. The quantitative estimate of drug-likeness (QED) is 0.830. The van der Waals surface area contributed by atoms with Gasteiger partial charge in [0.1, 0.15) is 18.2 Å². The Hall–Kier alpha value is -2.37. The lowest BCUT2D eigenvalue weighted by molar-refractivity contribution is -0.154. The minimum Gasteiger partial charge on any atom is -0.329 e. The molecule has 2 aromatic rings. The molecule has 2 fully saturated rings. The normalized spacial score (nSPS) is 21.8. The number of imidazole rings is 1. The Kier molecular flexibility index (Phi) is 2.92. The summed E-state index contributed by atoms with van der Waals surface area (Å²) in [4.78, 5) is 32.7. The van der Waals surface area contributed by atoms with Crippen LogP contribution in [0.1, 0.15) is 24.1 Å². The summed E-state index contributed by atoms with van der Waals surface area (Å²) < 4.78 is 1.96. The number of nitrogens with zero attached hydrogens (tertiary/aromatic N) is 4. The lowest BCUT2D eigenvalue weighted by atomic mass is 10.1. The SMILES string of the molecule is Cc1cccn2cc(CN3CC(=O)N4CCC[C@H]4C3=O)nc12. The molecule has 2 amide bonds. The van der Waals surface area contributed by atoms with Crippen molar-refractivity contribution in [1.29, 1.82) is 0 Å². The Balaban J connectivity index is 1.60. The summed E-state index contributed by atoms with van der Waals surface area (Å²) in [5.74, 6) is 0.118. The highest BCUT2D eigenvalue weighted by Crippen LogP contribution is 2.24. The second-order valence-corrected chi connectivity index (χ2v) is 6.09. The Morgan fingerprint density at radius 3 is 3.05 bits per heavy atom. The Morgan fingerprint density at radius 2 is 2.23 bits per heavy atom. The molecule has 2 aliphatic rings. The average Bonchev–Trinajstić information content (AvgIpc) is 3.11. The molecule has 0 saturated carbocycles. The molecule has 1 atom stereocenters. The zero-order valence-electron chi connectivity index (χ0n) is 12.5. The largest absolute Gasteiger partial charge is 0.329 e. The van der Waals surface area contributed by atoms with Crippen molar-refractivity contribution in [3.8, 4) is 0 Å². The first-order valence-electron chi connectivity index (χ1n) is 7.65. The van der Waals surface area contributed by atoms with E-state index in [0.29, 0.717) is 6.54 Å². The van der Waals surface area contributed by atoms with Gasteiger partial charge in [0, 0.05) is 18.9 Å². The molecule has 2 aromatic heterocycles. The summed E-state index contributed by atoms with van der Waals surface area (Å²) >= 11 is 0. The fourth-order valence-electron chi connectivity index (χ4n) is 3.47. The van der Waals surface area contributed by atoms with Gasteiger partial charge in [-0.1, -0.05) is 6.07 Å². The number of hydrogen-bond acceptors (Lipinski definition) is 3. The first-order valence-corrected chi connectivity index (χ1v) is 7.65. The van der Waals surface area contributed by atoms with E-state index < -0.39 is 0 Å². The zero-order chi connectivity index (χ0) is 15.3. The number of carbonyl (C=O) groups is 2. The molecule has 6 heteroatoms. The van der Waals surface area contributed by atoms with Crippen LogP contribution in [0.25, 0.3) is 5.65 Å². The fourth-order valence-corrected chi connectivity index (χ4v) is 3.47. The van der Waals surface area contributed by atoms with Crippen LogP contribution in [0.15, 0.2) is 24.5 Å². The number of aryl methyl sites for hydroxylation is 1. The summed E-state index contributed by atoms with van der Waals surface area (Å²) in [5.41, 5.74) is 2.81. The van der Waals surface area contributed by atoms with Gasteiger partial charge in [-0.3, -0.25) is 9.59 Å². The molecule has 4 rings (SSSR count). The topological polar surface area (TPSA) is 57.9 Å². The number of hydrogen-bond donors (Lipinski definition) is 0. The molecule has 0 aromatic carbocycles. The van der Waals surface area contributed by atoms with E-state index >= 15 is 0 Å². The van der Waals surface area contributed by atoms with Crippen LogP contribution < -0.4 is 0 Å². The molecule has 0 unspecified atom stereocenters. The first-order chi connectivity index (χ1) is 10.6. The lowest BCUT2D eigenvalue weighted by Crippen LogP contribution is -2.56. The van der Waals surface area contributed by atoms with Gasteiger partial charge >= 0.3 is 0 Å². The standard InChI is InChI=1S/C16H18N4O2/c1-11-4-2-6-18-8-12(17-15(11)18)9-19-10-14(21)20-7-3-5-13(20)16(19)22/h2,4,6,8,13H,3,5,7,9-10H2,1H3/t13-/m0/s1. The molecule has 4 heterocycles. The van der Waals surface area contributed by atoms with Crippen LogP contribution in [-0.4, -0.2) is 50.1 Å². The molecule has 0 spiro atoms. The Labute approximate surface area is 128 Å². The third kappa shape index (κ3) is 1.98. The van der Waals surface area contributed by atoms with E-state index in [1.54, 1.807) is 9.80 Å². The third-order valence-electron chi connectivity index (χ3n) is 4.58. The van der Waals surface area contributed by atoms with Gasteiger partial charge in [-0.15, -0.1) is 0 Å². The average molecular weight is 298 g/mol. The third-order valence-corrected chi connectivity index (χ3v) is 4.58. The molecule has 6 nitrogen and oxygen atoms in total. The Bertz CT molecular complexity index is 767. The number of amides is 2. The van der Waals surface area contributed by atoms with E-state index in [9.17, 15) is 9.59 Å². The van der Waals surface area contributed by atoms with E-state index in [1.165, 1.54) is 0 Å². The van der Waals surface area contributed by atoms with Gasteiger partial charge < -0.3 is 14.2 Å². The van der Waals surface area contributed by atoms with Crippen molar-refractivity contribution in [2.45, 2.75) is 32.4 Å². The van der Waals surface area contributed by atoms with Crippen molar-refractivity contribution in [3.63, 3.8) is 0 Å². The summed E-state index contributed by atoms with van der Waals surface area (Å²) in [6.45, 7) is 3.30. The van der Waals surface area contributed by atoms with Gasteiger partial charge in [-0.25, -0.2) is 4.98 Å². The minimum atomic E-state index is -0.250. The van der Waals surface area contributed by atoms with E-state index in [1.807, 2.05) is 35.9 Å². The van der Waals surface area contributed by atoms with Crippen molar-refractivity contribution >= 4 is 17.5 Å². The molecule has 114 valence electrons. The summed E-state index contributed by atoms with van der Waals surface area (Å²) in [7, 11) is 0. The molecule has 0 bridgehead atoms. The number of fused-ring (bicyclic) bond motifs is 2. The predicted molar refractivity (Wildman–Crippen MR) is 80.1 cm³/mol. The van der Waals surface area contributed by atoms with Crippen LogP contribution >= 0.6 is 0 Å². The number of piperazine rings is 1. The number of pyridine rings is 1. The van der Waals surface area contributed by atoms with Gasteiger partial charge in [0.05, 0.1) is 12.2 Å². The lowest BCUT2D eigenvalue weighted by Gasteiger charge is -2.36. The molecule has 0 radical (unpaired) electrons. The molecule has 22 heavy (non-hydrogen) atoms. The molecule has 2 aliphatic heterocycles. The molecule has 2 saturated heterocycles. The van der Waals surface area contributed by atoms with Crippen molar-refractivity contribution in [1.82, 2.24) is 19.2 Å². The molecule has 0 N–H and O–H groups in total.